The van der Waals surface area contributed by atoms with Gasteiger partial charge in [0, 0.05) is 7.11 Å². The fraction of sp³-hybridized carbons (Fsp3) is 0.455. The van der Waals surface area contributed by atoms with E-state index in [1.165, 1.54) is 5.56 Å². The van der Waals surface area contributed by atoms with Crippen molar-refractivity contribution in [3.63, 3.8) is 0 Å². The van der Waals surface area contributed by atoms with Gasteiger partial charge >= 0.3 is 0 Å². The maximum absolute atomic E-state index is 5.56. The van der Waals surface area contributed by atoms with Gasteiger partial charge in [-0.25, -0.2) is 0 Å². The van der Waals surface area contributed by atoms with E-state index in [1.54, 1.807) is 7.11 Å². The second-order valence-electron chi connectivity index (χ2n) is 4.39. The molecule has 0 aliphatic rings. The van der Waals surface area contributed by atoms with Crippen LogP contribution in [0.5, 0.6) is 0 Å². The van der Waals surface area contributed by atoms with Crippen LogP contribution in [0.2, 0.25) is 19.6 Å². The molecule has 0 aromatic heterocycles. The Hall–Kier alpha value is -0.603. The summed E-state index contributed by atoms with van der Waals surface area (Å²) in [7, 11) is 0.552. The van der Waals surface area contributed by atoms with Crippen molar-refractivity contribution in [3.05, 3.63) is 35.9 Å². The number of benzene rings is 1. The number of hydrogen-bond donors (Lipinski definition) is 0. The van der Waals surface area contributed by atoms with Crippen molar-refractivity contribution >= 4 is 8.07 Å². The summed E-state index contributed by atoms with van der Waals surface area (Å²) in [6, 6.07) is 10.5. The van der Waals surface area contributed by atoms with Crippen molar-refractivity contribution in [3.8, 4) is 0 Å². The quantitative estimate of drug-likeness (QED) is 0.671. The summed E-state index contributed by atoms with van der Waals surface area (Å²) < 4.78 is 5.56. The van der Waals surface area contributed by atoms with Gasteiger partial charge in [-0.1, -0.05) is 50.0 Å². The van der Waals surface area contributed by atoms with E-state index in [0.29, 0.717) is 5.73 Å². The zero-order chi connectivity index (χ0) is 9.90. The topological polar surface area (TPSA) is 9.23 Å². The summed E-state index contributed by atoms with van der Waals surface area (Å²) in [5, 5.41) is 0. The first-order chi connectivity index (χ1) is 6.05. The largest absolute Gasteiger partial charge is 0.380 e. The molecule has 1 aromatic rings. The molecule has 0 saturated heterocycles. The molecule has 0 amide bonds. The molecule has 72 valence electrons. The molecular weight excluding hydrogens is 176 g/mol. The SMILES string of the molecule is CO[C@@H](c1ccccc1)[Si](C)(C)C. The molecule has 0 fully saturated rings. The minimum absolute atomic E-state index is 0.314. The zero-order valence-electron chi connectivity index (χ0n) is 8.87. The van der Waals surface area contributed by atoms with E-state index in [1.807, 2.05) is 6.07 Å². The Morgan fingerprint density at radius 1 is 1.08 bits per heavy atom. The van der Waals surface area contributed by atoms with Gasteiger partial charge in [0.15, 0.2) is 0 Å². The molecular formula is C11H18OSi. The Kier molecular flexibility index (Phi) is 3.28. The maximum atomic E-state index is 5.56. The zero-order valence-corrected chi connectivity index (χ0v) is 9.87. The van der Waals surface area contributed by atoms with Crippen LogP contribution in [0.15, 0.2) is 30.3 Å². The van der Waals surface area contributed by atoms with Crippen molar-refractivity contribution in [1.29, 1.82) is 0 Å². The van der Waals surface area contributed by atoms with E-state index in [-0.39, 0.29) is 0 Å². The fourth-order valence-electron chi connectivity index (χ4n) is 1.62. The summed E-state index contributed by atoms with van der Waals surface area (Å²) in [6.07, 6.45) is 0. The standard InChI is InChI=1S/C11H18OSi/c1-12-11(13(2,3)4)10-8-6-5-7-9-10/h5-9,11H,1-4H3/t11-/m1/s1. The third-order valence-electron chi connectivity index (χ3n) is 2.12. The van der Waals surface area contributed by atoms with Crippen LogP contribution in [0.25, 0.3) is 0 Å². The van der Waals surface area contributed by atoms with Crippen LogP contribution in [0, 0.1) is 0 Å². The first kappa shape index (κ1) is 10.5. The van der Waals surface area contributed by atoms with Crippen LogP contribution in [0.4, 0.5) is 0 Å². The predicted octanol–water partition coefficient (Wildman–Crippen LogP) is 3.25. The first-order valence-electron chi connectivity index (χ1n) is 4.63. The summed E-state index contributed by atoms with van der Waals surface area (Å²) in [5.74, 6) is 0. The molecule has 0 radical (unpaired) electrons. The van der Waals surface area contributed by atoms with Gasteiger partial charge in [0.1, 0.15) is 0 Å². The Labute approximate surface area is 81.8 Å². The van der Waals surface area contributed by atoms with E-state index in [2.05, 4.69) is 43.9 Å². The summed E-state index contributed by atoms with van der Waals surface area (Å²) in [5.41, 5.74) is 1.62. The van der Waals surface area contributed by atoms with Crippen LogP contribution >= 0.6 is 0 Å². The lowest BCUT2D eigenvalue weighted by Crippen LogP contribution is -2.32. The number of hydrogen-bond acceptors (Lipinski definition) is 1. The number of rotatable bonds is 3. The van der Waals surface area contributed by atoms with E-state index in [9.17, 15) is 0 Å². The molecule has 1 atom stereocenters. The van der Waals surface area contributed by atoms with Crippen molar-refractivity contribution in [1.82, 2.24) is 0 Å². The monoisotopic (exact) mass is 194 g/mol. The van der Waals surface area contributed by atoms with Crippen LogP contribution in [0.3, 0.4) is 0 Å². The van der Waals surface area contributed by atoms with Crippen molar-refractivity contribution in [2.75, 3.05) is 7.11 Å². The molecule has 0 N–H and O–H groups in total. The normalized spacial score (nSPS) is 14.2. The molecule has 0 aliphatic heterocycles. The molecule has 1 rings (SSSR count). The highest BCUT2D eigenvalue weighted by Gasteiger charge is 2.27. The lowest BCUT2D eigenvalue weighted by Gasteiger charge is -2.27. The van der Waals surface area contributed by atoms with Crippen molar-refractivity contribution < 1.29 is 4.74 Å². The molecule has 0 aliphatic carbocycles. The van der Waals surface area contributed by atoms with E-state index >= 15 is 0 Å². The van der Waals surface area contributed by atoms with Gasteiger partial charge < -0.3 is 4.74 Å². The molecule has 0 saturated carbocycles. The van der Waals surface area contributed by atoms with Gasteiger partial charge in [0.05, 0.1) is 13.8 Å². The maximum Gasteiger partial charge on any atom is 0.0842 e. The van der Waals surface area contributed by atoms with Crippen LogP contribution in [-0.4, -0.2) is 15.2 Å². The smallest absolute Gasteiger partial charge is 0.0842 e. The Balaban J connectivity index is 2.92. The average molecular weight is 194 g/mol. The predicted molar refractivity (Wildman–Crippen MR) is 59.5 cm³/mol. The highest BCUT2D eigenvalue weighted by molar-refractivity contribution is 6.77. The summed E-state index contributed by atoms with van der Waals surface area (Å²) in [4.78, 5) is 0. The Morgan fingerprint density at radius 3 is 2.00 bits per heavy atom. The minimum Gasteiger partial charge on any atom is -0.380 e. The first-order valence-corrected chi connectivity index (χ1v) is 8.21. The number of ether oxygens (including phenoxy) is 1. The summed E-state index contributed by atoms with van der Waals surface area (Å²) >= 11 is 0. The fourth-order valence-corrected chi connectivity index (χ4v) is 3.52. The highest BCUT2D eigenvalue weighted by Crippen LogP contribution is 2.26. The van der Waals surface area contributed by atoms with Gasteiger partial charge in [-0.15, -0.1) is 0 Å². The second-order valence-corrected chi connectivity index (χ2v) is 9.65. The lowest BCUT2D eigenvalue weighted by atomic mass is 10.2. The molecule has 0 bridgehead atoms. The minimum atomic E-state index is -1.25. The van der Waals surface area contributed by atoms with E-state index < -0.39 is 8.07 Å². The average Bonchev–Trinajstić information content (AvgIpc) is 2.05. The van der Waals surface area contributed by atoms with Gasteiger partial charge in [0.2, 0.25) is 0 Å². The number of methoxy groups -OCH3 is 1. The molecule has 1 nitrogen and oxygen atoms in total. The van der Waals surface area contributed by atoms with Gasteiger partial charge in [-0.05, 0) is 5.56 Å². The Morgan fingerprint density at radius 2 is 1.62 bits per heavy atom. The van der Waals surface area contributed by atoms with Gasteiger partial charge in [-0.2, -0.15) is 0 Å². The van der Waals surface area contributed by atoms with Crippen molar-refractivity contribution in [2.24, 2.45) is 0 Å². The molecule has 2 heteroatoms. The van der Waals surface area contributed by atoms with E-state index in [0.717, 1.165) is 0 Å². The molecule has 0 heterocycles. The van der Waals surface area contributed by atoms with Crippen LogP contribution < -0.4 is 0 Å². The van der Waals surface area contributed by atoms with E-state index in [4.69, 9.17) is 4.74 Å². The van der Waals surface area contributed by atoms with Gasteiger partial charge in [-0.3, -0.25) is 0 Å². The molecule has 0 spiro atoms. The molecule has 13 heavy (non-hydrogen) atoms. The van der Waals surface area contributed by atoms with Gasteiger partial charge in [0.25, 0.3) is 0 Å². The van der Waals surface area contributed by atoms with Crippen LogP contribution in [-0.2, 0) is 4.74 Å². The lowest BCUT2D eigenvalue weighted by molar-refractivity contribution is 0.160. The highest BCUT2D eigenvalue weighted by atomic mass is 28.3. The Bertz CT molecular complexity index is 251. The van der Waals surface area contributed by atoms with Crippen molar-refractivity contribution in [2.45, 2.75) is 25.4 Å². The van der Waals surface area contributed by atoms with Crippen LogP contribution in [0.1, 0.15) is 11.3 Å². The molecule has 0 unspecified atom stereocenters. The molecule has 1 aromatic carbocycles. The third-order valence-corrected chi connectivity index (χ3v) is 4.27. The summed E-state index contributed by atoms with van der Waals surface area (Å²) in [6.45, 7) is 6.98. The second kappa shape index (κ2) is 4.07. The third kappa shape index (κ3) is 2.67.